The Morgan fingerprint density at radius 1 is 1.21 bits per heavy atom. The van der Waals surface area contributed by atoms with Crippen LogP contribution >= 0.6 is 0 Å². The summed E-state index contributed by atoms with van der Waals surface area (Å²) >= 11 is 0. The summed E-state index contributed by atoms with van der Waals surface area (Å²) in [5.41, 5.74) is 5.54. The number of carbonyl (C=O) groups excluding carboxylic acids is 1. The van der Waals surface area contributed by atoms with E-state index in [1.54, 1.807) is 6.33 Å². The second-order valence-corrected chi connectivity index (χ2v) is 9.80. The minimum atomic E-state index is -0.519. The number of anilines is 1. The molecular formula is C25H33N5O3. The number of nitrogens with zero attached hydrogens (tertiary/aromatic N) is 4. The van der Waals surface area contributed by atoms with Crippen LogP contribution in [0.15, 0.2) is 36.8 Å². The van der Waals surface area contributed by atoms with Crippen LogP contribution < -0.4 is 10.2 Å². The van der Waals surface area contributed by atoms with Crippen LogP contribution in [0, 0.1) is 6.92 Å². The number of benzene rings is 1. The molecule has 1 fully saturated rings. The van der Waals surface area contributed by atoms with Gasteiger partial charge in [0, 0.05) is 25.2 Å². The summed E-state index contributed by atoms with van der Waals surface area (Å²) in [4.78, 5) is 18.9. The lowest BCUT2D eigenvalue weighted by atomic mass is 10.0. The Labute approximate surface area is 194 Å². The third-order valence-corrected chi connectivity index (χ3v) is 5.61. The molecule has 1 aliphatic rings. The Kier molecular flexibility index (Phi) is 6.30. The fourth-order valence-corrected chi connectivity index (χ4v) is 4.22. The summed E-state index contributed by atoms with van der Waals surface area (Å²) in [6.45, 7) is 13.9. The maximum absolute atomic E-state index is 12.0. The molecule has 2 unspecified atom stereocenters. The number of amides is 1. The van der Waals surface area contributed by atoms with Crippen LogP contribution in [0.2, 0.25) is 0 Å². The Bertz CT molecular complexity index is 1140. The number of hydrogen-bond donors (Lipinski definition) is 1. The summed E-state index contributed by atoms with van der Waals surface area (Å²) in [6, 6.07) is 8.30. The number of aromatic nitrogens is 3. The van der Waals surface area contributed by atoms with Gasteiger partial charge in [0.05, 0.1) is 35.3 Å². The molecule has 2 aromatic heterocycles. The molecule has 4 rings (SSSR count). The molecule has 176 valence electrons. The summed E-state index contributed by atoms with van der Waals surface area (Å²) in [7, 11) is 0. The van der Waals surface area contributed by atoms with Gasteiger partial charge >= 0.3 is 6.09 Å². The second-order valence-electron chi connectivity index (χ2n) is 9.80. The highest BCUT2D eigenvalue weighted by molar-refractivity contribution is 5.80. The molecule has 1 amide bonds. The molecule has 0 aliphatic carbocycles. The van der Waals surface area contributed by atoms with E-state index in [0.717, 1.165) is 46.7 Å². The number of ether oxygens (including phenoxy) is 2. The van der Waals surface area contributed by atoms with E-state index in [2.05, 4.69) is 52.5 Å². The van der Waals surface area contributed by atoms with Crippen molar-refractivity contribution >= 4 is 17.3 Å². The van der Waals surface area contributed by atoms with Crippen molar-refractivity contribution in [1.29, 1.82) is 0 Å². The van der Waals surface area contributed by atoms with Crippen LogP contribution in [0.1, 0.15) is 45.7 Å². The standard InChI is InChI=1S/C25H33N5O3/c1-16-9-19(7-8-20(16)11-26-24(31)33-25(4,5)6)23-22-10-21(14-30(22)28-15-27-23)29-12-17(2)32-18(3)13-29/h7-10,14-15,17-18H,11-13H2,1-6H3,(H,26,31). The molecule has 1 saturated heterocycles. The lowest BCUT2D eigenvalue weighted by molar-refractivity contribution is -0.00521. The van der Waals surface area contributed by atoms with Crippen LogP contribution in [0.4, 0.5) is 10.5 Å². The van der Waals surface area contributed by atoms with Crippen molar-refractivity contribution in [3.05, 3.63) is 47.9 Å². The van der Waals surface area contributed by atoms with Gasteiger partial charge in [0.15, 0.2) is 0 Å². The minimum absolute atomic E-state index is 0.187. The summed E-state index contributed by atoms with van der Waals surface area (Å²) in [6.07, 6.45) is 3.59. The molecular weight excluding hydrogens is 418 g/mol. The third-order valence-electron chi connectivity index (χ3n) is 5.61. The molecule has 2 atom stereocenters. The molecule has 0 radical (unpaired) electrons. The molecule has 8 heteroatoms. The van der Waals surface area contributed by atoms with Crippen molar-refractivity contribution in [2.45, 2.75) is 65.9 Å². The Hall–Kier alpha value is -3.13. The number of fused-ring (bicyclic) bond motifs is 1. The maximum Gasteiger partial charge on any atom is 0.407 e. The predicted molar refractivity (Wildman–Crippen MR) is 128 cm³/mol. The second kappa shape index (κ2) is 9.02. The first-order valence-corrected chi connectivity index (χ1v) is 11.4. The van der Waals surface area contributed by atoms with E-state index in [-0.39, 0.29) is 12.2 Å². The Morgan fingerprint density at radius 2 is 1.94 bits per heavy atom. The van der Waals surface area contributed by atoms with Gasteiger partial charge in [0.2, 0.25) is 0 Å². The molecule has 1 aliphatic heterocycles. The number of carbonyl (C=O) groups is 1. The van der Waals surface area contributed by atoms with Gasteiger partial charge in [-0.1, -0.05) is 12.1 Å². The first kappa shape index (κ1) is 23.0. The van der Waals surface area contributed by atoms with E-state index < -0.39 is 11.7 Å². The normalized spacial score (nSPS) is 19.0. The van der Waals surface area contributed by atoms with Gasteiger partial charge in [0.1, 0.15) is 11.9 Å². The van der Waals surface area contributed by atoms with Crippen LogP contribution in [0.3, 0.4) is 0 Å². The zero-order chi connectivity index (χ0) is 23.8. The molecule has 3 heterocycles. The van der Waals surface area contributed by atoms with Crippen LogP contribution in [-0.2, 0) is 16.0 Å². The molecule has 8 nitrogen and oxygen atoms in total. The van der Waals surface area contributed by atoms with Crippen molar-refractivity contribution in [2.75, 3.05) is 18.0 Å². The van der Waals surface area contributed by atoms with E-state index in [1.807, 2.05) is 44.3 Å². The summed E-state index contributed by atoms with van der Waals surface area (Å²) < 4.78 is 13.1. The molecule has 33 heavy (non-hydrogen) atoms. The average molecular weight is 452 g/mol. The number of rotatable bonds is 4. The summed E-state index contributed by atoms with van der Waals surface area (Å²) in [5, 5.41) is 7.25. The lowest BCUT2D eigenvalue weighted by Gasteiger charge is -2.36. The number of nitrogens with one attached hydrogen (secondary N) is 1. The number of alkyl carbamates (subject to hydrolysis) is 1. The van der Waals surface area contributed by atoms with Gasteiger partial charge in [-0.3, -0.25) is 0 Å². The summed E-state index contributed by atoms with van der Waals surface area (Å²) in [5.74, 6) is 0. The lowest BCUT2D eigenvalue weighted by Crippen LogP contribution is -2.45. The first-order valence-electron chi connectivity index (χ1n) is 11.4. The third kappa shape index (κ3) is 5.45. The predicted octanol–water partition coefficient (Wildman–Crippen LogP) is 4.34. The largest absolute Gasteiger partial charge is 0.444 e. The topological polar surface area (TPSA) is 81.0 Å². The van der Waals surface area contributed by atoms with E-state index in [9.17, 15) is 4.79 Å². The Morgan fingerprint density at radius 3 is 2.61 bits per heavy atom. The van der Waals surface area contributed by atoms with Crippen LogP contribution in [0.25, 0.3) is 16.8 Å². The van der Waals surface area contributed by atoms with E-state index >= 15 is 0 Å². The molecule has 0 bridgehead atoms. The van der Waals surface area contributed by atoms with E-state index in [4.69, 9.17) is 9.47 Å². The van der Waals surface area contributed by atoms with Crippen molar-refractivity contribution in [2.24, 2.45) is 0 Å². The van der Waals surface area contributed by atoms with Gasteiger partial charge in [0.25, 0.3) is 0 Å². The van der Waals surface area contributed by atoms with Crippen LogP contribution in [0.5, 0.6) is 0 Å². The molecule has 3 aromatic rings. The zero-order valence-corrected chi connectivity index (χ0v) is 20.3. The van der Waals surface area contributed by atoms with Gasteiger partial charge in [-0.25, -0.2) is 14.3 Å². The fraction of sp³-hybridized carbons (Fsp3) is 0.480. The van der Waals surface area contributed by atoms with Crippen LogP contribution in [-0.4, -0.2) is 51.6 Å². The maximum atomic E-state index is 12.0. The zero-order valence-electron chi connectivity index (χ0n) is 20.3. The molecule has 1 N–H and O–H groups in total. The highest BCUT2D eigenvalue weighted by atomic mass is 16.6. The first-order chi connectivity index (χ1) is 15.6. The van der Waals surface area contributed by atoms with Gasteiger partial charge in [-0.2, -0.15) is 5.10 Å². The van der Waals surface area contributed by atoms with Crippen molar-refractivity contribution < 1.29 is 14.3 Å². The number of aryl methyl sites for hydroxylation is 1. The van der Waals surface area contributed by atoms with Gasteiger partial charge in [-0.15, -0.1) is 0 Å². The van der Waals surface area contributed by atoms with Crippen molar-refractivity contribution in [3.63, 3.8) is 0 Å². The van der Waals surface area contributed by atoms with Crippen molar-refractivity contribution in [3.8, 4) is 11.3 Å². The average Bonchev–Trinajstić information content (AvgIpc) is 3.15. The molecule has 0 saturated carbocycles. The van der Waals surface area contributed by atoms with Gasteiger partial charge in [-0.05, 0) is 64.8 Å². The number of hydrogen-bond acceptors (Lipinski definition) is 6. The highest BCUT2D eigenvalue weighted by Crippen LogP contribution is 2.29. The quantitative estimate of drug-likeness (QED) is 0.635. The van der Waals surface area contributed by atoms with Crippen molar-refractivity contribution in [1.82, 2.24) is 19.9 Å². The highest BCUT2D eigenvalue weighted by Gasteiger charge is 2.24. The van der Waals surface area contributed by atoms with E-state index in [1.165, 1.54) is 0 Å². The molecule has 0 spiro atoms. The monoisotopic (exact) mass is 451 g/mol. The molecule has 1 aromatic carbocycles. The Balaban J connectivity index is 1.56. The van der Waals surface area contributed by atoms with E-state index in [0.29, 0.717) is 6.54 Å². The van der Waals surface area contributed by atoms with Gasteiger partial charge < -0.3 is 19.7 Å². The minimum Gasteiger partial charge on any atom is -0.444 e. The fourth-order valence-electron chi connectivity index (χ4n) is 4.22. The number of morpholine rings is 1. The smallest absolute Gasteiger partial charge is 0.407 e. The SMILES string of the molecule is Cc1cc(-c2ncnn3cc(N4CC(C)OC(C)C4)cc23)ccc1CNC(=O)OC(C)(C)C.